The molecule has 4 aromatic heterocycles. The number of hydrogen-bond donors (Lipinski definition) is 2. The summed E-state index contributed by atoms with van der Waals surface area (Å²) < 4.78 is 5.33. The molecule has 0 saturated heterocycles. The van der Waals surface area contributed by atoms with Crippen LogP contribution < -0.4 is 5.32 Å². The van der Waals surface area contributed by atoms with Crippen LogP contribution in [0.5, 0.6) is 0 Å². The highest BCUT2D eigenvalue weighted by molar-refractivity contribution is 7.16. The van der Waals surface area contributed by atoms with Gasteiger partial charge in [-0.3, -0.25) is 0 Å². The molecule has 0 saturated carbocycles. The van der Waals surface area contributed by atoms with E-state index in [0.29, 0.717) is 17.4 Å². The normalized spacial score (nSPS) is 11.4. The summed E-state index contributed by atoms with van der Waals surface area (Å²) in [5.74, 6) is 1.76. The summed E-state index contributed by atoms with van der Waals surface area (Å²) in [6, 6.07) is 8.30. The predicted octanol–water partition coefficient (Wildman–Crippen LogP) is 3.88. The van der Waals surface area contributed by atoms with Crippen molar-refractivity contribution in [2.45, 2.75) is 6.42 Å². The standard InChI is InChI=1S/C18H14N6OS/c1-2-4-13-12(3-1)11(7-21-13)5-6-20-17-15-18(26-10-22-15)24-16(23-17)14-8-19-9-25-14/h1-4,7-10,21H,5-6H2,(H,20,23,24). The fourth-order valence-electron chi connectivity index (χ4n) is 2.98. The zero-order chi connectivity index (χ0) is 17.3. The van der Waals surface area contributed by atoms with E-state index in [4.69, 9.17) is 4.42 Å². The van der Waals surface area contributed by atoms with Gasteiger partial charge >= 0.3 is 0 Å². The number of nitrogens with zero attached hydrogens (tertiary/aromatic N) is 4. The smallest absolute Gasteiger partial charge is 0.200 e. The summed E-state index contributed by atoms with van der Waals surface area (Å²) in [5.41, 5.74) is 4.97. The van der Waals surface area contributed by atoms with E-state index in [0.717, 1.165) is 28.8 Å². The number of H-pyrrole nitrogens is 1. The first kappa shape index (κ1) is 15.0. The van der Waals surface area contributed by atoms with Gasteiger partial charge in [0.25, 0.3) is 0 Å². The highest BCUT2D eigenvalue weighted by atomic mass is 32.1. The Kier molecular flexibility index (Phi) is 3.60. The number of thiazole rings is 1. The molecule has 7 nitrogen and oxygen atoms in total. The van der Waals surface area contributed by atoms with Gasteiger partial charge in [-0.1, -0.05) is 18.2 Å². The maximum absolute atomic E-state index is 5.33. The third kappa shape index (κ3) is 2.60. The molecule has 26 heavy (non-hydrogen) atoms. The average molecular weight is 362 g/mol. The number of aromatic amines is 1. The van der Waals surface area contributed by atoms with Crippen LogP contribution in [0.4, 0.5) is 5.82 Å². The number of anilines is 1. The van der Waals surface area contributed by atoms with Crippen molar-refractivity contribution >= 4 is 38.4 Å². The monoisotopic (exact) mass is 362 g/mol. The van der Waals surface area contributed by atoms with Crippen molar-refractivity contribution in [2.24, 2.45) is 0 Å². The van der Waals surface area contributed by atoms with Crippen LogP contribution in [-0.4, -0.2) is 31.5 Å². The molecule has 5 rings (SSSR count). The molecule has 2 N–H and O–H groups in total. The zero-order valence-electron chi connectivity index (χ0n) is 13.6. The lowest BCUT2D eigenvalue weighted by Crippen LogP contribution is -2.07. The quantitative estimate of drug-likeness (QED) is 0.493. The second-order valence-corrected chi connectivity index (χ2v) is 6.64. The number of benzene rings is 1. The molecule has 0 fully saturated rings. The number of fused-ring (bicyclic) bond motifs is 2. The van der Waals surface area contributed by atoms with Crippen molar-refractivity contribution in [3.63, 3.8) is 0 Å². The van der Waals surface area contributed by atoms with E-state index in [1.807, 2.05) is 6.07 Å². The van der Waals surface area contributed by atoms with Gasteiger partial charge in [-0.25, -0.2) is 19.9 Å². The average Bonchev–Trinajstić information content (AvgIpc) is 3.42. The van der Waals surface area contributed by atoms with Crippen LogP contribution in [0.3, 0.4) is 0 Å². The summed E-state index contributed by atoms with van der Waals surface area (Å²) in [7, 11) is 0. The van der Waals surface area contributed by atoms with Gasteiger partial charge in [0.15, 0.2) is 18.0 Å². The van der Waals surface area contributed by atoms with Crippen LogP contribution >= 0.6 is 11.3 Å². The van der Waals surface area contributed by atoms with Crippen LogP contribution in [0.25, 0.3) is 32.8 Å². The first-order valence-corrected chi connectivity index (χ1v) is 9.05. The fourth-order valence-corrected chi connectivity index (χ4v) is 3.63. The number of oxazole rings is 1. The lowest BCUT2D eigenvalue weighted by molar-refractivity contribution is 0.568. The minimum atomic E-state index is 0.508. The van der Waals surface area contributed by atoms with E-state index >= 15 is 0 Å². The van der Waals surface area contributed by atoms with Crippen LogP contribution in [0.2, 0.25) is 0 Å². The van der Waals surface area contributed by atoms with Gasteiger partial charge < -0.3 is 14.7 Å². The third-order valence-electron chi connectivity index (χ3n) is 4.21. The fraction of sp³-hybridized carbons (Fsp3) is 0.111. The maximum Gasteiger partial charge on any atom is 0.200 e. The van der Waals surface area contributed by atoms with Crippen molar-refractivity contribution in [3.05, 3.63) is 54.1 Å². The molecule has 128 valence electrons. The van der Waals surface area contributed by atoms with Crippen molar-refractivity contribution < 1.29 is 4.42 Å². The molecule has 0 atom stereocenters. The van der Waals surface area contributed by atoms with Crippen molar-refractivity contribution in [1.29, 1.82) is 0 Å². The zero-order valence-corrected chi connectivity index (χ0v) is 14.5. The minimum absolute atomic E-state index is 0.508. The lowest BCUT2D eigenvalue weighted by Gasteiger charge is -2.07. The summed E-state index contributed by atoms with van der Waals surface area (Å²) in [6.45, 7) is 0.737. The van der Waals surface area contributed by atoms with Crippen LogP contribution in [0.15, 0.2) is 53.0 Å². The lowest BCUT2D eigenvalue weighted by atomic mass is 10.1. The Labute approximate surface area is 152 Å². The Morgan fingerprint density at radius 1 is 1.19 bits per heavy atom. The molecule has 1 aromatic carbocycles. The summed E-state index contributed by atoms with van der Waals surface area (Å²) >= 11 is 1.48. The number of aromatic nitrogens is 5. The van der Waals surface area contributed by atoms with Gasteiger partial charge in [-0.2, -0.15) is 0 Å². The number of rotatable bonds is 5. The first-order valence-electron chi connectivity index (χ1n) is 8.17. The Bertz CT molecular complexity index is 1180. The van der Waals surface area contributed by atoms with Crippen LogP contribution in [0.1, 0.15) is 5.56 Å². The van der Waals surface area contributed by atoms with Gasteiger partial charge in [-0.15, -0.1) is 11.3 Å². The van der Waals surface area contributed by atoms with Crippen LogP contribution in [-0.2, 0) is 6.42 Å². The molecule has 0 aliphatic rings. The molecule has 0 aliphatic heterocycles. The van der Waals surface area contributed by atoms with E-state index in [2.05, 4.69) is 54.6 Å². The van der Waals surface area contributed by atoms with Crippen molar-refractivity contribution in [3.8, 4) is 11.6 Å². The molecular weight excluding hydrogens is 348 g/mol. The van der Waals surface area contributed by atoms with Gasteiger partial charge in [0.05, 0.1) is 11.7 Å². The topological polar surface area (TPSA) is 92.5 Å². The number of para-hydroxylation sites is 1. The van der Waals surface area contributed by atoms with E-state index in [9.17, 15) is 0 Å². The molecular formula is C18H14N6OS. The van der Waals surface area contributed by atoms with Crippen molar-refractivity contribution in [1.82, 2.24) is 24.9 Å². The summed E-state index contributed by atoms with van der Waals surface area (Å²) in [6.07, 6.45) is 5.92. The minimum Gasteiger partial charge on any atom is -0.440 e. The maximum atomic E-state index is 5.33. The number of nitrogens with one attached hydrogen (secondary N) is 2. The van der Waals surface area contributed by atoms with E-state index < -0.39 is 0 Å². The molecule has 0 unspecified atom stereocenters. The molecule has 5 aromatic rings. The molecule has 4 heterocycles. The highest BCUT2D eigenvalue weighted by Gasteiger charge is 2.13. The largest absolute Gasteiger partial charge is 0.440 e. The van der Waals surface area contributed by atoms with Gasteiger partial charge in [-0.05, 0) is 18.1 Å². The SMILES string of the molecule is c1ccc2c(CCNc3nc(-c4cnco4)nc4scnc34)c[nH]c2c1. The third-order valence-corrected chi connectivity index (χ3v) is 4.93. The second kappa shape index (κ2) is 6.23. The van der Waals surface area contributed by atoms with E-state index in [-0.39, 0.29) is 0 Å². The van der Waals surface area contributed by atoms with Crippen molar-refractivity contribution in [2.75, 3.05) is 11.9 Å². The molecule has 0 spiro atoms. The van der Waals surface area contributed by atoms with Gasteiger partial charge in [0, 0.05) is 23.6 Å². The predicted molar refractivity (Wildman–Crippen MR) is 101 cm³/mol. The Hall–Kier alpha value is -3.26. The summed E-state index contributed by atoms with van der Waals surface area (Å²) in [4.78, 5) is 21.5. The Morgan fingerprint density at radius 2 is 2.15 bits per heavy atom. The molecule has 0 radical (unpaired) electrons. The Balaban J connectivity index is 1.41. The first-order chi connectivity index (χ1) is 12.9. The molecule has 0 bridgehead atoms. The Morgan fingerprint density at radius 3 is 3.08 bits per heavy atom. The van der Waals surface area contributed by atoms with E-state index in [1.54, 1.807) is 11.7 Å². The molecule has 0 aliphatic carbocycles. The second-order valence-electron chi connectivity index (χ2n) is 5.80. The number of hydrogen-bond acceptors (Lipinski definition) is 7. The van der Waals surface area contributed by atoms with Crippen LogP contribution in [0, 0.1) is 0 Å². The van der Waals surface area contributed by atoms with Gasteiger partial charge in [0.1, 0.15) is 10.3 Å². The summed E-state index contributed by atoms with van der Waals surface area (Å²) in [5, 5.41) is 4.64. The van der Waals surface area contributed by atoms with E-state index in [1.165, 1.54) is 28.7 Å². The van der Waals surface area contributed by atoms with Gasteiger partial charge in [0.2, 0.25) is 5.82 Å². The molecule has 8 heteroatoms. The molecule has 0 amide bonds. The highest BCUT2D eigenvalue weighted by Crippen LogP contribution is 2.26.